The van der Waals surface area contributed by atoms with Crippen LogP contribution >= 0.6 is 0 Å². The van der Waals surface area contributed by atoms with E-state index in [2.05, 4.69) is 0 Å². The van der Waals surface area contributed by atoms with Gasteiger partial charge in [0.1, 0.15) is 0 Å². The third kappa shape index (κ3) is 7.65. The molecule has 0 radical (unpaired) electrons. The Morgan fingerprint density at radius 2 is 2.00 bits per heavy atom. The van der Waals surface area contributed by atoms with Crippen molar-refractivity contribution in [3.05, 3.63) is 0 Å². The molecule has 0 rings (SSSR count). The maximum absolute atomic E-state index is 9.91. The molecule has 52 valence electrons. The van der Waals surface area contributed by atoms with Gasteiger partial charge < -0.3 is 0 Å². The number of rotatable bonds is 4. The summed E-state index contributed by atoms with van der Waals surface area (Å²) in [6, 6.07) is 0. The number of hydrogen-bond donors (Lipinski definition) is 1. The van der Waals surface area contributed by atoms with Crippen molar-refractivity contribution in [1.29, 1.82) is 0 Å². The summed E-state index contributed by atoms with van der Waals surface area (Å²) >= 11 is -3.05. The van der Waals surface area contributed by atoms with Crippen molar-refractivity contribution in [2.24, 2.45) is 0 Å². The van der Waals surface area contributed by atoms with E-state index >= 15 is 0 Å². The molecule has 0 saturated carbocycles. The summed E-state index contributed by atoms with van der Waals surface area (Å²) in [5.41, 5.74) is 0. The second-order valence-corrected chi connectivity index (χ2v) is 3.29. The Bertz CT molecular complexity index is 152. The zero-order valence-electron chi connectivity index (χ0n) is 4.74. The van der Waals surface area contributed by atoms with Crippen LogP contribution in [0.5, 0.6) is 0 Å². The van der Waals surface area contributed by atoms with Crippen molar-refractivity contribution in [3.8, 4) is 0 Å². The molecule has 0 unspecified atom stereocenters. The molecular formula is C4H7O4V. The number of aliphatic carboxylic acids is 1. The minimum absolute atomic E-state index is 0.0459. The summed E-state index contributed by atoms with van der Waals surface area (Å²) in [5, 5.41) is 8.09. The van der Waals surface area contributed by atoms with Crippen LogP contribution in [0.25, 0.3) is 0 Å². The first-order chi connectivity index (χ1) is 4.13. The standard InChI is InChI=1S/C4H7O2.2O.V/c1-2-3-4(5)6;;;/h1-3H2,(H,5,6);;;. The van der Waals surface area contributed by atoms with E-state index in [0.29, 0.717) is 0 Å². The Labute approximate surface area is 56.9 Å². The normalized spacial score (nSPS) is 8.89. The fourth-order valence-corrected chi connectivity index (χ4v) is 1.01. The van der Waals surface area contributed by atoms with Gasteiger partial charge in [0.15, 0.2) is 0 Å². The van der Waals surface area contributed by atoms with Gasteiger partial charge in [0.2, 0.25) is 0 Å². The second-order valence-electron chi connectivity index (χ2n) is 1.55. The average Bonchev–Trinajstić information content (AvgIpc) is 1.63. The zero-order chi connectivity index (χ0) is 7.28. The summed E-state index contributed by atoms with van der Waals surface area (Å²) in [4.78, 5) is 9.79. The third-order valence-electron chi connectivity index (χ3n) is 0.731. The van der Waals surface area contributed by atoms with E-state index in [-0.39, 0.29) is 18.0 Å². The molecule has 0 spiro atoms. The molecule has 0 bridgehead atoms. The molecule has 0 atom stereocenters. The Morgan fingerprint density at radius 3 is 2.33 bits per heavy atom. The van der Waals surface area contributed by atoms with Crippen LogP contribution in [0.2, 0.25) is 5.13 Å². The van der Waals surface area contributed by atoms with Gasteiger partial charge in [-0.05, 0) is 0 Å². The van der Waals surface area contributed by atoms with Crippen LogP contribution in [0.1, 0.15) is 12.8 Å². The van der Waals surface area contributed by atoms with Crippen molar-refractivity contribution < 1.29 is 32.3 Å². The Kier molecular flexibility index (Phi) is 4.35. The zero-order valence-corrected chi connectivity index (χ0v) is 6.14. The van der Waals surface area contributed by atoms with Crippen molar-refractivity contribution in [3.63, 3.8) is 0 Å². The molecule has 0 aliphatic heterocycles. The Morgan fingerprint density at radius 1 is 1.44 bits per heavy atom. The van der Waals surface area contributed by atoms with E-state index in [1.54, 1.807) is 0 Å². The first-order valence-electron chi connectivity index (χ1n) is 2.46. The van der Waals surface area contributed by atoms with Crippen molar-refractivity contribution in [2.45, 2.75) is 18.0 Å². The van der Waals surface area contributed by atoms with E-state index < -0.39 is 21.0 Å². The summed E-state index contributed by atoms with van der Waals surface area (Å²) < 4.78 is 19.8. The minimum atomic E-state index is -3.05. The molecule has 0 fully saturated rings. The van der Waals surface area contributed by atoms with E-state index in [0.717, 1.165) is 0 Å². The molecule has 0 aromatic heterocycles. The average molecular weight is 170 g/mol. The van der Waals surface area contributed by atoms with Gasteiger partial charge in [-0.1, -0.05) is 0 Å². The number of carboxylic acid groups (broad SMARTS) is 1. The molecular weight excluding hydrogens is 163 g/mol. The molecule has 0 amide bonds. The van der Waals surface area contributed by atoms with Crippen molar-refractivity contribution >= 4 is 5.97 Å². The Hall–Kier alpha value is -0.346. The summed E-state index contributed by atoms with van der Waals surface area (Å²) in [5.74, 6) is -0.939. The SMILES string of the molecule is O=C(O)CC[CH2][V](=[O])=[O]. The number of carbonyl (C=O) groups is 1. The second kappa shape index (κ2) is 4.53. The van der Waals surface area contributed by atoms with E-state index in [1.165, 1.54) is 0 Å². The predicted molar refractivity (Wildman–Crippen MR) is 23.0 cm³/mol. The number of hydrogen-bond acceptors (Lipinski definition) is 3. The first-order valence-corrected chi connectivity index (χ1v) is 4.59. The molecule has 0 saturated heterocycles. The van der Waals surface area contributed by atoms with Crippen LogP contribution in [0.15, 0.2) is 0 Å². The summed E-state index contributed by atoms with van der Waals surface area (Å²) in [6.45, 7) is 0. The predicted octanol–water partition coefficient (Wildman–Crippen LogP) is 0.579. The van der Waals surface area contributed by atoms with E-state index in [1.807, 2.05) is 0 Å². The first kappa shape index (κ1) is 8.65. The van der Waals surface area contributed by atoms with Gasteiger partial charge in [-0.15, -0.1) is 0 Å². The van der Waals surface area contributed by atoms with Gasteiger partial charge in [-0.2, -0.15) is 0 Å². The summed E-state index contributed by atoms with van der Waals surface area (Å²) in [6.07, 6.45) is 0.206. The van der Waals surface area contributed by atoms with Crippen LogP contribution in [0, 0.1) is 0 Å². The topological polar surface area (TPSA) is 71.4 Å². The molecule has 0 aromatic carbocycles. The molecule has 1 N–H and O–H groups in total. The molecule has 9 heavy (non-hydrogen) atoms. The molecule has 0 aliphatic carbocycles. The van der Waals surface area contributed by atoms with Crippen molar-refractivity contribution in [1.82, 2.24) is 0 Å². The third-order valence-corrected chi connectivity index (χ3v) is 1.80. The van der Waals surface area contributed by atoms with Gasteiger partial charge in [0.05, 0.1) is 0 Å². The van der Waals surface area contributed by atoms with E-state index in [9.17, 15) is 12.1 Å². The van der Waals surface area contributed by atoms with Crippen LogP contribution in [-0.2, 0) is 27.2 Å². The fraction of sp³-hybridized carbons (Fsp3) is 0.750. The van der Waals surface area contributed by atoms with Gasteiger partial charge in [0.25, 0.3) is 0 Å². The van der Waals surface area contributed by atoms with E-state index in [4.69, 9.17) is 5.11 Å². The molecule has 0 aromatic rings. The van der Waals surface area contributed by atoms with Gasteiger partial charge in [-0.3, -0.25) is 0 Å². The maximum atomic E-state index is 9.91. The monoisotopic (exact) mass is 170 g/mol. The number of carboxylic acids is 1. The molecule has 0 heterocycles. The van der Waals surface area contributed by atoms with Crippen LogP contribution < -0.4 is 0 Å². The van der Waals surface area contributed by atoms with Crippen molar-refractivity contribution in [2.75, 3.05) is 0 Å². The van der Waals surface area contributed by atoms with Crippen LogP contribution in [0.3, 0.4) is 0 Å². The molecule has 4 nitrogen and oxygen atoms in total. The molecule has 5 heteroatoms. The van der Waals surface area contributed by atoms with Gasteiger partial charge in [0, 0.05) is 0 Å². The fourth-order valence-electron chi connectivity index (χ4n) is 0.359. The van der Waals surface area contributed by atoms with Crippen LogP contribution in [0.4, 0.5) is 0 Å². The molecule has 0 aliphatic rings. The Balaban J connectivity index is 3.21. The summed E-state index contributed by atoms with van der Waals surface area (Å²) in [7, 11) is 0. The quantitative estimate of drug-likeness (QED) is 0.669. The van der Waals surface area contributed by atoms with Crippen LogP contribution in [-0.4, -0.2) is 11.1 Å². The van der Waals surface area contributed by atoms with Gasteiger partial charge >= 0.3 is 56.2 Å². The van der Waals surface area contributed by atoms with Gasteiger partial charge in [-0.25, -0.2) is 0 Å².